The molecule has 1 fully saturated rings. The number of benzene rings is 2. The van der Waals surface area contributed by atoms with Crippen LogP contribution in [0.15, 0.2) is 47.4 Å². The molecule has 1 heterocycles. The summed E-state index contributed by atoms with van der Waals surface area (Å²) in [6.45, 7) is 3.80. The van der Waals surface area contributed by atoms with Gasteiger partial charge in [0, 0.05) is 30.8 Å². The Kier molecular flexibility index (Phi) is 6.31. The number of rotatable bonds is 6. The number of nitrogens with one attached hydrogen (secondary N) is 1. The fraction of sp³-hybridized carbons (Fsp3) is 0.190. The average molecular weight is 425 g/mol. The molecule has 2 aromatic carbocycles. The van der Waals surface area contributed by atoms with Gasteiger partial charge in [0.1, 0.15) is 0 Å². The summed E-state index contributed by atoms with van der Waals surface area (Å²) in [6.07, 6.45) is 1.41. The maximum absolute atomic E-state index is 12.6. The number of amides is 3. The van der Waals surface area contributed by atoms with Crippen LogP contribution in [0.2, 0.25) is 0 Å². The van der Waals surface area contributed by atoms with E-state index in [-0.39, 0.29) is 29.5 Å². The standard InChI is InChI=1S/C21H19N3O5S/c1-13-6-7-17(14(2)10-13)22-19(25)8-9-23-20(26)18(30-21(23)27)12-15-4-3-5-16(11-15)24(28)29/h3-7,10-12H,8-9H2,1-2H3,(H,22,25)/b18-12-. The summed E-state index contributed by atoms with van der Waals surface area (Å²) in [4.78, 5) is 48.5. The summed E-state index contributed by atoms with van der Waals surface area (Å²) in [7, 11) is 0. The lowest BCUT2D eigenvalue weighted by Crippen LogP contribution is -2.31. The number of hydrogen-bond donors (Lipinski definition) is 1. The minimum Gasteiger partial charge on any atom is -0.326 e. The topological polar surface area (TPSA) is 110 Å². The summed E-state index contributed by atoms with van der Waals surface area (Å²) in [5.74, 6) is -0.820. The van der Waals surface area contributed by atoms with E-state index in [0.717, 1.165) is 27.8 Å². The number of thioether (sulfide) groups is 1. The molecule has 9 heteroatoms. The van der Waals surface area contributed by atoms with Gasteiger partial charge in [-0.05, 0) is 48.9 Å². The van der Waals surface area contributed by atoms with Crippen molar-refractivity contribution in [2.75, 3.05) is 11.9 Å². The van der Waals surface area contributed by atoms with Crippen molar-refractivity contribution in [3.05, 3.63) is 74.2 Å². The number of carbonyl (C=O) groups excluding carboxylic acids is 3. The molecule has 1 saturated heterocycles. The smallest absolute Gasteiger partial charge is 0.293 e. The number of nitrogens with zero attached hydrogens (tertiary/aromatic N) is 2. The van der Waals surface area contributed by atoms with Gasteiger partial charge in [0.15, 0.2) is 0 Å². The van der Waals surface area contributed by atoms with Crippen LogP contribution in [0.4, 0.5) is 16.2 Å². The fourth-order valence-electron chi connectivity index (χ4n) is 2.95. The van der Waals surface area contributed by atoms with Gasteiger partial charge in [0.25, 0.3) is 16.8 Å². The highest BCUT2D eigenvalue weighted by Crippen LogP contribution is 2.32. The summed E-state index contributed by atoms with van der Waals surface area (Å²) < 4.78 is 0. The monoisotopic (exact) mass is 425 g/mol. The molecule has 8 nitrogen and oxygen atoms in total. The fourth-order valence-corrected chi connectivity index (χ4v) is 3.82. The highest BCUT2D eigenvalue weighted by molar-refractivity contribution is 8.18. The lowest BCUT2D eigenvalue weighted by Gasteiger charge is -2.13. The number of anilines is 1. The van der Waals surface area contributed by atoms with Crippen LogP contribution >= 0.6 is 11.8 Å². The molecule has 2 aromatic rings. The van der Waals surface area contributed by atoms with Crippen molar-refractivity contribution in [1.82, 2.24) is 4.90 Å². The van der Waals surface area contributed by atoms with Gasteiger partial charge >= 0.3 is 0 Å². The first-order chi connectivity index (χ1) is 14.2. The molecular formula is C21H19N3O5S. The van der Waals surface area contributed by atoms with Crippen LogP contribution in [0.5, 0.6) is 0 Å². The Labute approximate surface area is 177 Å². The van der Waals surface area contributed by atoms with Gasteiger partial charge < -0.3 is 5.32 Å². The van der Waals surface area contributed by atoms with Crippen molar-refractivity contribution in [3.8, 4) is 0 Å². The number of aryl methyl sites for hydroxylation is 2. The Morgan fingerprint density at radius 2 is 1.97 bits per heavy atom. The van der Waals surface area contributed by atoms with Crippen LogP contribution in [0.25, 0.3) is 6.08 Å². The highest BCUT2D eigenvalue weighted by atomic mass is 32.2. The lowest BCUT2D eigenvalue weighted by atomic mass is 10.1. The van der Waals surface area contributed by atoms with Gasteiger partial charge in [-0.2, -0.15) is 0 Å². The molecule has 3 rings (SSSR count). The van der Waals surface area contributed by atoms with Crippen molar-refractivity contribution < 1.29 is 19.3 Å². The molecule has 0 aliphatic carbocycles. The molecule has 0 unspecified atom stereocenters. The molecule has 3 amide bonds. The molecule has 1 aliphatic rings. The van der Waals surface area contributed by atoms with E-state index in [1.165, 1.54) is 24.3 Å². The second-order valence-corrected chi connectivity index (χ2v) is 7.80. The Balaban J connectivity index is 1.64. The predicted molar refractivity (Wildman–Crippen MR) is 115 cm³/mol. The van der Waals surface area contributed by atoms with Crippen molar-refractivity contribution in [3.63, 3.8) is 0 Å². The zero-order valence-corrected chi connectivity index (χ0v) is 17.2. The first kappa shape index (κ1) is 21.3. The van der Waals surface area contributed by atoms with Crippen molar-refractivity contribution >= 4 is 46.3 Å². The van der Waals surface area contributed by atoms with Crippen LogP contribution in [-0.4, -0.2) is 33.4 Å². The third kappa shape index (κ3) is 4.93. The molecule has 0 radical (unpaired) electrons. The molecule has 0 aromatic heterocycles. The minimum atomic E-state index is -0.530. The van der Waals surface area contributed by atoms with Gasteiger partial charge in [0.2, 0.25) is 5.91 Å². The Morgan fingerprint density at radius 1 is 1.20 bits per heavy atom. The minimum absolute atomic E-state index is 0.0323. The quantitative estimate of drug-likeness (QED) is 0.420. The summed E-state index contributed by atoms with van der Waals surface area (Å²) in [6, 6.07) is 11.4. The van der Waals surface area contributed by atoms with E-state index >= 15 is 0 Å². The SMILES string of the molecule is Cc1ccc(NC(=O)CCN2C(=O)S/C(=C\c3cccc([N+](=O)[O-])c3)C2=O)c(C)c1. The largest absolute Gasteiger partial charge is 0.326 e. The molecule has 1 N–H and O–H groups in total. The molecule has 0 atom stereocenters. The molecular weight excluding hydrogens is 406 g/mol. The van der Waals surface area contributed by atoms with E-state index in [0.29, 0.717) is 11.3 Å². The summed E-state index contributed by atoms with van der Waals surface area (Å²) >= 11 is 0.748. The van der Waals surface area contributed by atoms with Crippen LogP contribution < -0.4 is 5.32 Å². The maximum atomic E-state index is 12.6. The number of nitro benzene ring substituents is 1. The first-order valence-corrected chi connectivity index (χ1v) is 9.93. The second kappa shape index (κ2) is 8.91. The Bertz CT molecular complexity index is 1080. The van der Waals surface area contributed by atoms with Crippen LogP contribution in [0, 0.1) is 24.0 Å². The lowest BCUT2D eigenvalue weighted by molar-refractivity contribution is -0.384. The molecule has 1 aliphatic heterocycles. The van der Waals surface area contributed by atoms with Gasteiger partial charge in [-0.3, -0.25) is 29.4 Å². The van der Waals surface area contributed by atoms with Gasteiger partial charge in [-0.15, -0.1) is 0 Å². The number of hydrogen-bond acceptors (Lipinski definition) is 6. The van der Waals surface area contributed by atoms with Crippen molar-refractivity contribution in [1.29, 1.82) is 0 Å². The third-order valence-corrected chi connectivity index (χ3v) is 5.38. The van der Waals surface area contributed by atoms with E-state index in [4.69, 9.17) is 0 Å². The third-order valence-electron chi connectivity index (χ3n) is 4.47. The normalized spacial score (nSPS) is 15.0. The number of imide groups is 1. The van der Waals surface area contributed by atoms with E-state index in [1.807, 2.05) is 32.0 Å². The summed E-state index contributed by atoms with van der Waals surface area (Å²) in [5, 5.41) is 13.2. The Morgan fingerprint density at radius 3 is 2.67 bits per heavy atom. The Hall–Kier alpha value is -3.46. The van der Waals surface area contributed by atoms with Crippen LogP contribution in [0.3, 0.4) is 0 Å². The number of carbonyl (C=O) groups is 3. The van der Waals surface area contributed by atoms with Gasteiger partial charge in [-0.1, -0.05) is 29.8 Å². The first-order valence-electron chi connectivity index (χ1n) is 9.11. The van der Waals surface area contributed by atoms with E-state index < -0.39 is 16.1 Å². The molecule has 0 spiro atoms. The van der Waals surface area contributed by atoms with E-state index in [9.17, 15) is 24.5 Å². The zero-order chi connectivity index (χ0) is 21.8. The number of nitro groups is 1. The average Bonchev–Trinajstić information content (AvgIpc) is 2.95. The van der Waals surface area contributed by atoms with Gasteiger partial charge in [-0.25, -0.2) is 0 Å². The molecule has 30 heavy (non-hydrogen) atoms. The van der Waals surface area contributed by atoms with Crippen molar-refractivity contribution in [2.45, 2.75) is 20.3 Å². The zero-order valence-electron chi connectivity index (χ0n) is 16.4. The second-order valence-electron chi connectivity index (χ2n) is 6.80. The van der Waals surface area contributed by atoms with Crippen molar-refractivity contribution in [2.24, 2.45) is 0 Å². The van der Waals surface area contributed by atoms with Crippen LogP contribution in [0.1, 0.15) is 23.1 Å². The van der Waals surface area contributed by atoms with Gasteiger partial charge in [0.05, 0.1) is 9.83 Å². The predicted octanol–water partition coefficient (Wildman–Crippen LogP) is 4.28. The highest BCUT2D eigenvalue weighted by Gasteiger charge is 2.35. The van der Waals surface area contributed by atoms with E-state index in [2.05, 4.69) is 5.32 Å². The molecule has 0 saturated carbocycles. The molecule has 154 valence electrons. The molecule has 0 bridgehead atoms. The summed E-state index contributed by atoms with van der Waals surface area (Å²) in [5.41, 5.74) is 3.03. The van der Waals surface area contributed by atoms with E-state index in [1.54, 1.807) is 6.07 Å². The number of non-ortho nitro benzene ring substituents is 1. The maximum Gasteiger partial charge on any atom is 0.293 e. The van der Waals surface area contributed by atoms with Crippen LogP contribution in [-0.2, 0) is 9.59 Å².